The summed E-state index contributed by atoms with van der Waals surface area (Å²) in [5, 5.41) is 0. The van der Waals surface area contributed by atoms with E-state index in [1.807, 2.05) is 72.9 Å². The van der Waals surface area contributed by atoms with Crippen molar-refractivity contribution in [2.45, 2.75) is 175 Å². The van der Waals surface area contributed by atoms with Crippen LogP contribution in [-0.4, -0.2) is 37.2 Å². The van der Waals surface area contributed by atoms with Gasteiger partial charge in [0, 0.05) is 19.3 Å². The normalized spacial score (nSPS) is 13.7. The zero-order valence-electron chi connectivity index (χ0n) is 43.7. The molecule has 0 heterocycles. The molecule has 6 heteroatoms. The van der Waals surface area contributed by atoms with Crippen LogP contribution < -0.4 is 0 Å². The second-order valence-electron chi connectivity index (χ2n) is 16.5. The van der Waals surface area contributed by atoms with Gasteiger partial charge in [0.25, 0.3) is 0 Å². The fraction of sp³-hybridized carbons (Fsp3) is 0.453. The van der Waals surface area contributed by atoms with E-state index in [0.29, 0.717) is 12.8 Å². The van der Waals surface area contributed by atoms with E-state index in [1.165, 1.54) is 0 Å². The molecule has 0 radical (unpaired) electrons. The van der Waals surface area contributed by atoms with Crippen LogP contribution in [0.3, 0.4) is 0 Å². The average molecular weight is 957 g/mol. The minimum Gasteiger partial charge on any atom is -0.462 e. The quantitative estimate of drug-likeness (QED) is 0.0199. The van der Waals surface area contributed by atoms with E-state index in [-0.39, 0.29) is 44.4 Å². The molecule has 0 bridgehead atoms. The lowest BCUT2D eigenvalue weighted by atomic mass is 10.1. The van der Waals surface area contributed by atoms with Crippen molar-refractivity contribution >= 4 is 17.9 Å². The van der Waals surface area contributed by atoms with Crippen LogP contribution in [0.25, 0.3) is 0 Å². The molecule has 0 aromatic heterocycles. The second kappa shape index (κ2) is 55.8. The third-order valence-electron chi connectivity index (χ3n) is 10.0. The largest absolute Gasteiger partial charge is 0.462 e. The summed E-state index contributed by atoms with van der Waals surface area (Å²) < 4.78 is 16.7. The van der Waals surface area contributed by atoms with E-state index >= 15 is 0 Å². The van der Waals surface area contributed by atoms with E-state index in [9.17, 15) is 14.4 Å². The summed E-state index contributed by atoms with van der Waals surface area (Å²) in [6.07, 6.45) is 85.6. The summed E-state index contributed by atoms with van der Waals surface area (Å²) in [7, 11) is 0. The monoisotopic (exact) mass is 957 g/mol. The standard InChI is InChI=1S/C64H92O6/c1-4-7-10-13-16-19-22-25-28-31-32-34-36-39-42-45-48-51-54-57-63(66)69-60-61(59-68-62(65)56-53-50-47-44-41-38-35-30-27-24-21-18-15-12-9-6-3)70-64(67)58-55-52-49-46-43-40-37-33-29-26-23-20-17-14-11-8-5-2/h7-13,16-22,25-32,34,36-42,46,49,61H,4-6,14-15,23-24,33,35,43-45,47-48,50-60H2,1-3H3/b10-7-,11-8-,12-9-,16-13-,20-17-,21-18-,22-19-,28-25-,29-26-,30-27-,32-31+,36-34-,40-37-,41-38-,42-39-,49-46-. The summed E-state index contributed by atoms with van der Waals surface area (Å²) >= 11 is 0. The molecule has 0 aromatic rings. The zero-order valence-corrected chi connectivity index (χ0v) is 43.7. The predicted molar refractivity (Wildman–Crippen MR) is 301 cm³/mol. The predicted octanol–water partition coefficient (Wildman–Crippen LogP) is 17.9. The van der Waals surface area contributed by atoms with Crippen molar-refractivity contribution in [1.82, 2.24) is 0 Å². The fourth-order valence-corrected chi connectivity index (χ4v) is 6.16. The molecule has 0 fully saturated rings. The maximum absolute atomic E-state index is 12.8. The third-order valence-corrected chi connectivity index (χ3v) is 10.0. The first-order valence-corrected chi connectivity index (χ1v) is 26.5. The molecule has 6 nitrogen and oxygen atoms in total. The van der Waals surface area contributed by atoms with Crippen molar-refractivity contribution < 1.29 is 28.6 Å². The molecule has 0 saturated heterocycles. The van der Waals surface area contributed by atoms with Gasteiger partial charge in [-0.2, -0.15) is 0 Å². The Kier molecular flexibility index (Phi) is 51.3. The highest BCUT2D eigenvalue weighted by Crippen LogP contribution is 2.10. The maximum atomic E-state index is 12.8. The van der Waals surface area contributed by atoms with Crippen molar-refractivity contribution in [2.24, 2.45) is 0 Å². The molecular formula is C64H92O6. The average Bonchev–Trinajstić information content (AvgIpc) is 3.36. The molecule has 384 valence electrons. The summed E-state index contributed by atoms with van der Waals surface area (Å²) in [6.45, 7) is 6.11. The highest BCUT2D eigenvalue weighted by Gasteiger charge is 2.19. The molecule has 0 aromatic carbocycles. The van der Waals surface area contributed by atoms with Gasteiger partial charge in [0.2, 0.25) is 0 Å². The van der Waals surface area contributed by atoms with Crippen LogP contribution >= 0.6 is 0 Å². The van der Waals surface area contributed by atoms with E-state index in [1.54, 1.807) is 0 Å². The number of hydrogen-bond donors (Lipinski definition) is 0. The van der Waals surface area contributed by atoms with Gasteiger partial charge in [0.15, 0.2) is 6.10 Å². The van der Waals surface area contributed by atoms with Crippen LogP contribution in [-0.2, 0) is 28.6 Å². The highest BCUT2D eigenvalue weighted by molar-refractivity contribution is 5.71. The lowest BCUT2D eigenvalue weighted by Gasteiger charge is -2.18. The molecule has 0 aliphatic rings. The van der Waals surface area contributed by atoms with Gasteiger partial charge in [-0.15, -0.1) is 0 Å². The number of ether oxygens (including phenoxy) is 3. The first-order chi connectivity index (χ1) is 34.5. The minimum absolute atomic E-state index is 0.144. The summed E-state index contributed by atoms with van der Waals surface area (Å²) in [5.74, 6) is -1.10. The van der Waals surface area contributed by atoms with E-state index in [0.717, 1.165) is 116 Å². The van der Waals surface area contributed by atoms with E-state index < -0.39 is 12.1 Å². The lowest BCUT2D eigenvalue weighted by Crippen LogP contribution is -2.30. The first kappa shape index (κ1) is 64.2. The zero-order chi connectivity index (χ0) is 50.7. The molecule has 0 amide bonds. The molecule has 0 N–H and O–H groups in total. The Bertz CT molecular complexity index is 1760. The molecule has 70 heavy (non-hydrogen) atoms. The van der Waals surface area contributed by atoms with Crippen LogP contribution in [0.4, 0.5) is 0 Å². The number of esters is 3. The topological polar surface area (TPSA) is 78.9 Å². The summed E-state index contributed by atoms with van der Waals surface area (Å²) in [4.78, 5) is 38.1. The molecule has 0 rings (SSSR count). The van der Waals surface area contributed by atoms with Gasteiger partial charge >= 0.3 is 17.9 Å². The Labute approximate surface area is 427 Å². The Morgan fingerprint density at radius 1 is 0.300 bits per heavy atom. The number of carbonyl (C=O) groups is 3. The van der Waals surface area contributed by atoms with Gasteiger partial charge in [0.1, 0.15) is 13.2 Å². The van der Waals surface area contributed by atoms with Crippen LogP contribution in [0.15, 0.2) is 194 Å². The highest BCUT2D eigenvalue weighted by atomic mass is 16.6. The van der Waals surface area contributed by atoms with Gasteiger partial charge in [0.05, 0.1) is 0 Å². The molecule has 0 saturated carbocycles. The molecule has 1 atom stereocenters. The Hall–Kier alpha value is -5.75. The van der Waals surface area contributed by atoms with Crippen molar-refractivity contribution in [3.8, 4) is 0 Å². The van der Waals surface area contributed by atoms with Crippen LogP contribution in [0.2, 0.25) is 0 Å². The SMILES string of the molecule is CC\C=C/C=C\C=C/C=C\C=C\C=C/C=C\CCCCCC(=O)OCC(COC(=O)CCCCC/C=C\C/C=C\C/C=C\C/C=C\CC)OC(=O)CCC/C=C\C/C=C\C/C=C\C/C=C\C/C=C\CC. The molecule has 1 unspecified atom stereocenters. The van der Waals surface area contributed by atoms with Crippen LogP contribution in [0.5, 0.6) is 0 Å². The fourth-order valence-electron chi connectivity index (χ4n) is 6.16. The number of hydrogen-bond acceptors (Lipinski definition) is 6. The Balaban J connectivity index is 4.70. The second-order valence-corrected chi connectivity index (χ2v) is 16.5. The van der Waals surface area contributed by atoms with Crippen molar-refractivity contribution in [3.05, 3.63) is 194 Å². The lowest BCUT2D eigenvalue weighted by molar-refractivity contribution is -0.167. The van der Waals surface area contributed by atoms with Crippen molar-refractivity contribution in [2.75, 3.05) is 13.2 Å². The van der Waals surface area contributed by atoms with E-state index in [2.05, 4.69) is 142 Å². The minimum atomic E-state index is -0.853. The van der Waals surface area contributed by atoms with Crippen LogP contribution in [0, 0.1) is 0 Å². The van der Waals surface area contributed by atoms with Crippen molar-refractivity contribution in [3.63, 3.8) is 0 Å². The molecule has 0 aliphatic heterocycles. The maximum Gasteiger partial charge on any atom is 0.306 e. The van der Waals surface area contributed by atoms with Gasteiger partial charge < -0.3 is 14.2 Å². The molecule has 0 spiro atoms. The summed E-state index contributed by atoms with van der Waals surface area (Å²) in [6, 6.07) is 0. The van der Waals surface area contributed by atoms with Gasteiger partial charge in [-0.25, -0.2) is 0 Å². The number of carbonyl (C=O) groups excluding carboxylic acids is 3. The number of unbranched alkanes of at least 4 members (excludes halogenated alkanes) is 7. The van der Waals surface area contributed by atoms with Crippen molar-refractivity contribution in [1.29, 1.82) is 0 Å². The molecular weight excluding hydrogens is 865 g/mol. The number of allylic oxidation sites excluding steroid dienone is 32. The van der Waals surface area contributed by atoms with Gasteiger partial charge in [-0.05, 0) is 116 Å². The van der Waals surface area contributed by atoms with E-state index in [4.69, 9.17) is 14.2 Å². The van der Waals surface area contributed by atoms with Gasteiger partial charge in [-0.1, -0.05) is 228 Å². The van der Waals surface area contributed by atoms with Crippen LogP contribution in [0.1, 0.15) is 168 Å². The Morgan fingerprint density at radius 2 is 0.600 bits per heavy atom. The molecule has 0 aliphatic carbocycles. The number of rotatable bonds is 44. The smallest absolute Gasteiger partial charge is 0.306 e. The first-order valence-electron chi connectivity index (χ1n) is 26.5. The van der Waals surface area contributed by atoms with Gasteiger partial charge in [-0.3, -0.25) is 14.4 Å². The Morgan fingerprint density at radius 3 is 0.986 bits per heavy atom. The summed E-state index contributed by atoms with van der Waals surface area (Å²) in [5.41, 5.74) is 0. The third kappa shape index (κ3) is 53.2.